The Morgan fingerprint density at radius 1 is 0.955 bits per heavy atom. The summed E-state index contributed by atoms with van der Waals surface area (Å²) in [6.45, 7) is 1.87. The molecule has 0 atom stereocenters. The Balaban J connectivity index is 1.88. The quantitative estimate of drug-likeness (QED) is 0.539. The Morgan fingerprint density at radius 2 is 1.68 bits per heavy atom. The first-order chi connectivity index (χ1) is 10.6. The summed E-state index contributed by atoms with van der Waals surface area (Å²) in [5.74, 6) is -0.379. The normalized spacial score (nSPS) is 13.0. The van der Waals surface area contributed by atoms with Gasteiger partial charge in [-0.2, -0.15) is 0 Å². The Bertz CT molecular complexity index is 871. The summed E-state index contributed by atoms with van der Waals surface area (Å²) in [5.41, 5.74) is 2.27. The van der Waals surface area contributed by atoms with Crippen molar-refractivity contribution in [1.82, 2.24) is 9.97 Å². The minimum atomic E-state index is -0.316. The molecule has 2 aromatic heterocycles. The molecule has 0 spiro atoms. The molecule has 0 amide bonds. The molecule has 0 saturated heterocycles. The molecular weight excluding hydrogens is 280 g/mol. The summed E-state index contributed by atoms with van der Waals surface area (Å²) >= 11 is 0. The van der Waals surface area contributed by atoms with Crippen molar-refractivity contribution in [2.75, 3.05) is 0 Å². The van der Waals surface area contributed by atoms with Crippen LogP contribution in [0.3, 0.4) is 0 Å². The summed E-state index contributed by atoms with van der Waals surface area (Å²) in [6.07, 6.45) is 1.61. The molecule has 1 aliphatic rings. The van der Waals surface area contributed by atoms with Gasteiger partial charge in [0, 0.05) is 23.0 Å². The monoisotopic (exact) mass is 290 g/mol. The number of carbonyl (C=O) groups excluding carboxylic acids is 2. The highest BCUT2D eigenvalue weighted by atomic mass is 16.4. The Kier molecular flexibility index (Phi) is 2.56. The molecular formula is C17H10N2O3. The lowest BCUT2D eigenvalue weighted by Crippen LogP contribution is -2.19. The van der Waals surface area contributed by atoms with Crippen LogP contribution in [-0.4, -0.2) is 21.5 Å². The number of oxazole rings is 1. The first-order valence-corrected chi connectivity index (χ1v) is 6.77. The van der Waals surface area contributed by atoms with Crippen molar-refractivity contribution in [3.8, 4) is 11.5 Å². The topological polar surface area (TPSA) is 73.1 Å². The maximum absolute atomic E-state index is 12.5. The number of aromatic nitrogens is 2. The van der Waals surface area contributed by atoms with Gasteiger partial charge in [-0.15, -0.1) is 0 Å². The highest BCUT2D eigenvalue weighted by Crippen LogP contribution is 2.30. The fourth-order valence-corrected chi connectivity index (χ4v) is 2.47. The molecule has 106 valence electrons. The van der Waals surface area contributed by atoms with E-state index in [-0.39, 0.29) is 28.9 Å². The summed E-state index contributed by atoms with van der Waals surface area (Å²) in [6, 6.07) is 10.3. The lowest BCUT2D eigenvalue weighted by atomic mass is 9.91. The van der Waals surface area contributed by atoms with Crippen molar-refractivity contribution < 1.29 is 14.0 Å². The summed E-state index contributed by atoms with van der Waals surface area (Å²) in [5, 5.41) is 0. The number of aryl methyl sites for hydroxylation is 1. The van der Waals surface area contributed by atoms with Gasteiger partial charge in [0.05, 0.1) is 5.56 Å². The number of nitrogens with zero attached hydrogens (tertiary/aromatic N) is 2. The zero-order valence-electron chi connectivity index (χ0n) is 11.7. The van der Waals surface area contributed by atoms with Gasteiger partial charge in [0.25, 0.3) is 0 Å². The van der Waals surface area contributed by atoms with E-state index in [9.17, 15) is 9.59 Å². The van der Waals surface area contributed by atoms with Gasteiger partial charge in [-0.3, -0.25) is 14.6 Å². The highest BCUT2D eigenvalue weighted by molar-refractivity contribution is 6.26. The highest BCUT2D eigenvalue weighted by Gasteiger charge is 2.35. The van der Waals surface area contributed by atoms with E-state index < -0.39 is 0 Å². The van der Waals surface area contributed by atoms with Crippen LogP contribution in [0, 0.1) is 6.92 Å². The molecule has 0 aliphatic heterocycles. The molecule has 0 fully saturated rings. The van der Waals surface area contributed by atoms with E-state index in [4.69, 9.17) is 4.42 Å². The van der Waals surface area contributed by atoms with Crippen LogP contribution in [-0.2, 0) is 0 Å². The Morgan fingerprint density at radius 3 is 2.36 bits per heavy atom. The third kappa shape index (κ3) is 1.72. The molecule has 5 heteroatoms. The second-order valence-electron chi connectivity index (χ2n) is 5.09. The number of fused-ring (bicyclic) bond motifs is 2. The number of ketones is 2. The van der Waals surface area contributed by atoms with Crippen molar-refractivity contribution in [1.29, 1.82) is 0 Å². The van der Waals surface area contributed by atoms with Gasteiger partial charge in [0.2, 0.25) is 23.2 Å². The first-order valence-electron chi connectivity index (χ1n) is 6.77. The van der Waals surface area contributed by atoms with Crippen LogP contribution < -0.4 is 0 Å². The molecule has 5 nitrogen and oxygen atoms in total. The molecule has 0 radical (unpaired) electrons. The van der Waals surface area contributed by atoms with Crippen LogP contribution in [0.1, 0.15) is 37.9 Å². The van der Waals surface area contributed by atoms with Crippen LogP contribution in [0.15, 0.2) is 47.0 Å². The fraction of sp³-hybridized carbons (Fsp3) is 0.0588. The number of carbonyl (C=O) groups is 2. The van der Waals surface area contributed by atoms with Crippen molar-refractivity contribution >= 4 is 11.6 Å². The van der Waals surface area contributed by atoms with E-state index in [1.165, 1.54) is 0 Å². The Hall–Kier alpha value is -3.08. The average Bonchev–Trinajstić information content (AvgIpc) is 2.99. The molecule has 1 aromatic carbocycles. The fourth-order valence-electron chi connectivity index (χ4n) is 2.47. The van der Waals surface area contributed by atoms with Crippen LogP contribution in [0.5, 0.6) is 0 Å². The third-order valence-corrected chi connectivity index (χ3v) is 3.62. The lowest BCUT2D eigenvalue weighted by Gasteiger charge is -2.10. The number of pyridine rings is 1. The van der Waals surface area contributed by atoms with Gasteiger partial charge < -0.3 is 4.42 Å². The maximum Gasteiger partial charge on any atom is 0.231 e. The largest absolute Gasteiger partial charge is 0.432 e. The molecule has 3 aromatic rings. The lowest BCUT2D eigenvalue weighted by molar-refractivity contribution is 0.0959. The van der Waals surface area contributed by atoms with Gasteiger partial charge in [-0.05, 0) is 19.1 Å². The van der Waals surface area contributed by atoms with E-state index in [2.05, 4.69) is 9.97 Å². The van der Waals surface area contributed by atoms with E-state index in [0.717, 1.165) is 5.69 Å². The predicted octanol–water partition coefficient (Wildman–Crippen LogP) is 2.82. The van der Waals surface area contributed by atoms with Gasteiger partial charge in [0.15, 0.2) is 5.69 Å². The van der Waals surface area contributed by atoms with E-state index in [1.54, 1.807) is 36.5 Å². The van der Waals surface area contributed by atoms with Crippen LogP contribution in [0.2, 0.25) is 0 Å². The van der Waals surface area contributed by atoms with Gasteiger partial charge in [-0.25, -0.2) is 4.98 Å². The van der Waals surface area contributed by atoms with Crippen LogP contribution in [0.25, 0.3) is 11.5 Å². The maximum atomic E-state index is 12.5. The number of hydrogen-bond donors (Lipinski definition) is 0. The molecule has 0 saturated carbocycles. The zero-order valence-corrected chi connectivity index (χ0v) is 11.7. The number of rotatable bonds is 1. The van der Waals surface area contributed by atoms with Gasteiger partial charge >= 0.3 is 0 Å². The molecule has 2 heterocycles. The first kappa shape index (κ1) is 12.6. The number of benzene rings is 1. The SMILES string of the molecule is Cc1ccc(-c2nc3c(o2)C(=O)c2ccccc2C3=O)cn1. The summed E-state index contributed by atoms with van der Waals surface area (Å²) in [7, 11) is 0. The van der Waals surface area contributed by atoms with E-state index in [1.807, 2.05) is 13.0 Å². The summed E-state index contributed by atoms with van der Waals surface area (Å²) in [4.78, 5) is 33.3. The third-order valence-electron chi connectivity index (χ3n) is 3.62. The van der Waals surface area contributed by atoms with Crippen LogP contribution in [0.4, 0.5) is 0 Å². The molecule has 0 N–H and O–H groups in total. The minimum absolute atomic E-state index is 0.000671. The Labute approximate surface area is 125 Å². The predicted molar refractivity (Wildman–Crippen MR) is 77.8 cm³/mol. The second kappa shape index (κ2) is 4.46. The van der Waals surface area contributed by atoms with Gasteiger partial charge in [-0.1, -0.05) is 24.3 Å². The van der Waals surface area contributed by atoms with Crippen molar-refractivity contribution in [3.05, 3.63) is 70.9 Å². The summed E-state index contributed by atoms with van der Waals surface area (Å²) < 4.78 is 5.55. The molecule has 22 heavy (non-hydrogen) atoms. The smallest absolute Gasteiger partial charge is 0.231 e. The standard InChI is InChI=1S/C17H10N2O3/c1-9-6-7-10(8-18-9)17-19-13-14(20)11-4-2-3-5-12(11)15(21)16(13)22-17/h2-8H,1H3. The van der Waals surface area contributed by atoms with Crippen molar-refractivity contribution in [2.45, 2.75) is 6.92 Å². The van der Waals surface area contributed by atoms with Crippen molar-refractivity contribution in [3.63, 3.8) is 0 Å². The molecule has 4 rings (SSSR count). The molecule has 1 aliphatic carbocycles. The van der Waals surface area contributed by atoms with E-state index in [0.29, 0.717) is 16.7 Å². The van der Waals surface area contributed by atoms with E-state index >= 15 is 0 Å². The van der Waals surface area contributed by atoms with Crippen LogP contribution >= 0.6 is 0 Å². The molecule has 0 bridgehead atoms. The zero-order chi connectivity index (χ0) is 15.3. The molecule has 0 unspecified atom stereocenters. The van der Waals surface area contributed by atoms with Crippen molar-refractivity contribution in [2.24, 2.45) is 0 Å². The van der Waals surface area contributed by atoms with Gasteiger partial charge in [0.1, 0.15) is 0 Å². The second-order valence-corrected chi connectivity index (χ2v) is 5.09. The minimum Gasteiger partial charge on any atom is -0.432 e. The number of hydrogen-bond acceptors (Lipinski definition) is 5. The average molecular weight is 290 g/mol.